The lowest BCUT2D eigenvalue weighted by atomic mass is 10.1. The molecule has 0 bridgehead atoms. The van der Waals surface area contributed by atoms with E-state index in [4.69, 9.17) is 4.74 Å². The van der Waals surface area contributed by atoms with Gasteiger partial charge in [-0.3, -0.25) is 9.59 Å². The third-order valence-corrected chi connectivity index (χ3v) is 4.45. The number of amides is 2. The van der Waals surface area contributed by atoms with Crippen molar-refractivity contribution in [2.45, 2.75) is 19.0 Å². The van der Waals surface area contributed by atoms with Crippen LogP contribution in [0, 0.1) is 5.92 Å². The summed E-state index contributed by atoms with van der Waals surface area (Å²) in [5.41, 5.74) is -0.750. The fourth-order valence-electron chi connectivity index (χ4n) is 2.88. The van der Waals surface area contributed by atoms with Crippen LogP contribution in [-0.2, 0) is 6.18 Å². The lowest BCUT2D eigenvalue weighted by Crippen LogP contribution is -2.29. The predicted octanol–water partition coefficient (Wildman–Crippen LogP) is 4.29. The Hall–Kier alpha value is -2.83. The standard InChI is InChI=1S/C19H14F3NO3/c20-19(21,22)12-7-13(9-14(8-12)26-10-11-5-6-11)23-17(24)15-3-1-2-4-16(15)18(23)25/h1-4,7-9,11H,5-6,10H2. The number of imide groups is 1. The molecular formula is C19H14F3NO3. The summed E-state index contributed by atoms with van der Waals surface area (Å²) in [6, 6.07) is 9.16. The maximum Gasteiger partial charge on any atom is 0.416 e. The lowest BCUT2D eigenvalue weighted by Gasteiger charge is -2.18. The Morgan fingerprint density at radius 3 is 2.15 bits per heavy atom. The Balaban J connectivity index is 1.74. The number of halogens is 3. The van der Waals surface area contributed by atoms with Gasteiger partial charge in [-0.05, 0) is 43.0 Å². The first-order valence-electron chi connectivity index (χ1n) is 8.17. The van der Waals surface area contributed by atoms with Crippen molar-refractivity contribution in [1.29, 1.82) is 0 Å². The Bertz CT molecular complexity index is 868. The van der Waals surface area contributed by atoms with Gasteiger partial charge in [0.1, 0.15) is 5.75 Å². The van der Waals surface area contributed by atoms with Gasteiger partial charge in [0.05, 0.1) is 29.0 Å². The summed E-state index contributed by atoms with van der Waals surface area (Å²) < 4.78 is 45.2. The molecule has 1 fully saturated rings. The number of carbonyl (C=O) groups is 2. The van der Waals surface area contributed by atoms with E-state index < -0.39 is 23.6 Å². The monoisotopic (exact) mass is 361 g/mol. The van der Waals surface area contributed by atoms with Gasteiger partial charge in [-0.25, -0.2) is 4.90 Å². The second kappa shape index (κ2) is 5.86. The van der Waals surface area contributed by atoms with E-state index in [1.165, 1.54) is 18.2 Å². The second-order valence-corrected chi connectivity index (χ2v) is 6.46. The molecule has 0 saturated heterocycles. The van der Waals surface area contributed by atoms with Gasteiger partial charge in [0, 0.05) is 6.07 Å². The van der Waals surface area contributed by atoms with E-state index in [1.807, 2.05) is 0 Å². The average molecular weight is 361 g/mol. The van der Waals surface area contributed by atoms with Gasteiger partial charge in [-0.2, -0.15) is 13.2 Å². The molecule has 2 aromatic rings. The van der Waals surface area contributed by atoms with Gasteiger partial charge >= 0.3 is 6.18 Å². The third kappa shape index (κ3) is 2.94. The molecule has 0 unspecified atom stereocenters. The normalized spacial score (nSPS) is 16.8. The van der Waals surface area contributed by atoms with Gasteiger partial charge in [-0.1, -0.05) is 12.1 Å². The fourth-order valence-corrected chi connectivity index (χ4v) is 2.88. The number of rotatable bonds is 4. The van der Waals surface area contributed by atoms with Crippen LogP contribution in [0.4, 0.5) is 18.9 Å². The Kier molecular flexibility index (Phi) is 3.75. The molecule has 134 valence electrons. The average Bonchev–Trinajstić information content (AvgIpc) is 3.39. The molecule has 0 spiro atoms. The summed E-state index contributed by atoms with van der Waals surface area (Å²) >= 11 is 0. The summed E-state index contributed by atoms with van der Waals surface area (Å²) in [7, 11) is 0. The molecule has 0 atom stereocenters. The van der Waals surface area contributed by atoms with Crippen molar-refractivity contribution in [3.8, 4) is 5.75 Å². The van der Waals surface area contributed by atoms with Crippen LogP contribution < -0.4 is 9.64 Å². The number of carbonyl (C=O) groups excluding carboxylic acids is 2. The molecular weight excluding hydrogens is 347 g/mol. The van der Waals surface area contributed by atoms with E-state index in [1.54, 1.807) is 12.1 Å². The number of hydrogen-bond donors (Lipinski definition) is 0. The minimum absolute atomic E-state index is 0.00159. The van der Waals surface area contributed by atoms with Gasteiger partial charge in [-0.15, -0.1) is 0 Å². The molecule has 26 heavy (non-hydrogen) atoms. The molecule has 0 aromatic heterocycles. The molecule has 4 nitrogen and oxygen atoms in total. The number of ether oxygens (including phenoxy) is 1. The number of fused-ring (bicyclic) bond motifs is 1. The first-order chi connectivity index (χ1) is 12.3. The molecule has 1 aliphatic heterocycles. The van der Waals surface area contributed by atoms with E-state index in [-0.39, 0.29) is 22.6 Å². The number of anilines is 1. The minimum atomic E-state index is -4.62. The largest absolute Gasteiger partial charge is 0.493 e. The SMILES string of the molecule is O=C1c2ccccc2C(=O)N1c1cc(OCC2CC2)cc(C(F)(F)F)c1. The zero-order valence-electron chi connectivity index (χ0n) is 13.5. The second-order valence-electron chi connectivity index (χ2n) is 6.46. The zero-order chi connectivity index (χ0) is 18.5. The van der Waals surface area contributed by atoms with E-state index in [0.717, 1.165) is 29.9 Å². The van der Waals surface area contributed by atoms with Crippen LogP contribution in [0.2, 0.25) is 0 Å². The van der Waals surface area contributed by atoms with Crippen LogP contribution in [0.25, 0.3) is 0 Å². The van der Waals surface area contributed by atoms with Crippen LogP contribution in [0.1, 0.15) is 39.1 Å². The molecule has 1 saturated carbocycles. The number of alkyl halides is 3. The molecule has 7 heteroatoms. The smallest absolute Gasteiger partial charge is 0.416 e. The number of nitrogens with zero attached hydrogens (tertiary/aromatic N) is 1. The molecule has 4 rings (SSSR count). The van der Waals surface area contributed by atoms with Crippen molar-refractivity contribution in [2.24, 2.45) is 5.92 Å². The topological polar surface area (TPSA) is 46.6 Å². The highest BCUT2D eigenvalue weighted by molar-refractivity contribution is 6.34. The van der Waals surface area contributed by atoms with Crippen LogP contribution in [-0.4, -0.2) is 18.4 Å². The van der Waals surface area contributed by atoms with Crippen LogP contribution in [0.5, 0.6) is 5.75 Å². The first kappa shape index (κ1) is 16.6. The summed E-state index contributed by atoms with van der Waals surface area (Å²) in [6.07, 6.45) is -2.64. The van der Waals surface area contributed by atoms with Gasteiger partial charge < -0.3 is 4.74 Å². The summed E-state index contributed by atoms with van der Waals surface area (Å²) in [6.45, 7) is 0.322. The highest BCUT2D eigenvalue weighted by Crippen LogP contribution is 2.38. The summed E-state index contributed by atoms with van der Waals surface area (Å²) in [5, 5.41) is 0. The fraction of sp³-hybridized carbons (Fsp3) is 0.263. The van der Waals surface area contributed by atoms with Gasteiger partial charge in [0.25, 0.3) is 11.8 Å². The molecule has 2 amide bonds. The summed E-state index contributed by atoms with van der Waals surface area (Å²) in [5.74, 6) is -0.929. The highest BCUT2D eigenvalue weighted by Gasteiger charge is 2.39. The number of benzene rings is 2. The van der Waals surface area contributed by atoms with Crippen molar-refractivity contribution in [1.82, 2.24) is 0 Å². The van der Waals surface area contributed by atoms with Gasteiger partial charge in [0.2, 0.25) is 0 Å². The molecule has 2 aliphatic rings. The number of hydrogen-bond acceptors (Lipinski definition) is 3. The Morgan fingerprint density at radius 1 is 1.00 bits per heavy atom. The van der Waals surface area contributed by atoms with E-state index >= 15 is 0 Å². The lowest BCUT2D eigenvalue weighted by molar-refractivity contribution is -0.137. The van der Waals surface area contributed by atoms with Crippen molar-refractivity contribution in [2.75, 3.05) is 11.5 Å². The van der Waals surface area contributed by atoms with Crippen LogP contribution >= 0.6 is 0 Å². The van der Waals surface area contributed by atoms with E-state index in [2.05, 4.69) is 0 Å². The van der Waals surface area contributed by atoms with E-state index in [9.17, 15) is 22.8 Å². The van der Waals surface area contributed by atoms with Gasteiger partial charge in [0.15, 0.2) is 0 Å². The Labute approximate surface area is 147 Å². The van der Waals surface area contributed by atoms with Crippen LogP contribution in [0.3, 0.4) is 0 Å². The molecule has 2 aromatic carbocycles. The third-order valence-electron chi connectivity index (χ3n) is 4.45. The predicted molar refractivity (Wildman–Crippen MR) is 87.2 cm³/mol. The van der Waals surface area contributed by atoms with Crippen molar-refractivity contribution in [3.05, 3.63) is 59.2 Å². The van der Waals surface area contributed by atoms with Crippen molar-refractivity contribution in [3.63, 3.8) is 0 Å². The molecule has 1 aliphatic carbocycles. The molecule has 1 heterocycles. The van der Waals surface area contributed by atoms with Crippen molar-refractivity contribution >= 4 is 17.5 Å². The van der Waals surface area contributed by atoms with Crippen LogP contribution in [0.15, 0.2) is 42.5 Å². The minimum Gasteiger partial charge on any atom is -0.493 e. The quantitative estimate of drug-likeness (QED) is 0.763. The van der Waals surface area contributed by atoms with E-state index in [0.29, 0.717) is 12.5 Å². The highest BCUT2D eigenvalue weighted by atomic mass is 19.4. The molecule has 0 N–H and O–H groups in total. The molecule has 0 radical (unpaired) electrons. The maximum absolute atomic E-state index is 13.3. The van der Waals surface area contributed by atoms with Crippen molar-refractivity contribution < 1.29 is 27.5 Å². The zero-order valence-corrected chi connectivity index (χ0v) is 13.5. The summed E-state index contributed by atoms with van der Waals surface area (Å²) in [4.78, 5) is 25.8. The maximum atomic E-state index is 13.3. The first-order valence-corrected chi connectivity index (χ1v) is 8.17. The Morgan fingerprint density at radius 2 is 1.62 bits per heavy atom.